The fourth-order valence-corrected chi connectivity index (χ4v) is 3.14. The molecule has 0 aliphatic carbocycles. The highest BCUT2D eigenvalue weighted by Crippen LogP contribution is 2.15. The molecule has 0 bridgehead atoms. The Labute approximate surface area is 116 Å². The molecular weight excluding hydrogens is 244 g/mol. The Bertz CT molecular complexity index is 230. The smallest absolute Gasteiger partial charge is 0.220 e. The summed E-state index contributed by atoms with van der Waals surface area (Å²) in [6, 6.07) is 0.320. The lowest BCUT2D eigenvalue weighted by Gasteiger charge is -2.22. The van der Waals surface area contributed by atoms with Crippen LogP contribution in [0.25, 0.3) is 0 Å². The fourth-order valence-electron chi connectivity index (χ4n) is 2.33. The summed E-state index contributed by atoms with van der Waals surface area (Å²) < 4.78 is 0. The van der Waals surface area contributed by atoms with E-state index in [1.807, 2.05) is 11.8 Å². The number of nitrogens with one attached hydrogen (secondary N) is 2. The average Bonchev–Trinajstić information content (AvgIpc) is 2.38. The van der Waals surface area contributed by atoms with E-state index in [0.717, 1.165) is 37.4 Å². The minimum Gasteiger partial charge on any atom is -0.354 e. The second kappa shape index (κ2) is 9.68. The molecule has 1 aliphatic heterocycles. The Hall–Kier alpha value is -0.220. The molecule has 1 saturated heterocycles. The fraction of sp³-hybridized carbons (Fsp3) is 0.929. The van der Waals surface area contributed by atoms with Gasteiger partial charge in [0.2, 0.25) is 5.91 Å². The lowest BCUT2D eigenvalue weighted by Crippen LogP contribution is -2.34. The Balaban J connectivity index is 2.05. The van der Waals surface area contributed by atoms with Gasteiger partial charge in [-0.1, -0.05) is 6.92 Å². The lowest BCUT2D eigenvalue weighted by atomic mass is 9.94. The van der Waals surface area contributed by atoms with Crippen LogP contribution >= 0.6 is 11.8 Å². The molecule has 0 radical (unpaired) electrons. The van der Waals surface area contributed by atoms with Gasteiger partial charge in [0.05, 0.1) is 0 Å². The first-order chi connectivity index (χ1) is 8.72. The van der Waals surface area contributed by atoms with Crippen molar-refractivity contribution in [1.29, 1.82) is 0 Å². The van der Waals surface area contributed by atoms with E-state index in [9.17, 15) is 4.79 Å². The van der Waals surface area contributed by atoms with Gasteiger partial charge in [-0.2, -0.15) is 11.8 Å². The van der Waals surface area contributed by atoms with Gasteiger partial charge in [-0.3, -0.25) is 4.79 Å². The summed E-state index contributed by atoms with van der Waals surface area (Å²) in [5.74, 6) is 3.24. The first-order valence-electron chi connectivity index (χ1n) is 7.30. The molecule has 2 N–H and O–H groups in total. The minimum absolute atomic E-state index is 0.231. The van der Waals surface area contributed by atoms with Crippen LogP contribution in [-0.2, 0) is 4.79 Å². The molecule has 1 rings (SSSR count). The van der Waals surface area contributed by atoms with Crippen molar-refractivity contribution >= 4 is 17.7 Å². The van der Waals surface area contributed by atoms with E-state index in [0.29, 0.717) is 18.4 Å². The van der Waals surface area contributed by atoms with Gasteiger partial charge in [-0.05, 0) is 63.1 Å². The largest absolute Gasteiger partial charge is 0.354 e. The molecule has 2 atom stereocenters. The van der Waals surface area contributed by atoms with Crippen molar-refractivity contribution in [3.63, 3.8) is 0 Å². The van der Waals surface area contributed by atoms with E-state index in [4.69, 9.17) is 0 Å². The van der Waals surface area contributed by atoms with Crippen LogP contribution in [0.15, 0.2) is 0 Å². The molecule has 1 amide bonds. The number of carbonyl (C=O) groups excluding carboxylic acids is 1. The maximum absolute atomic E-state index is 11.8. The standard InChI is InChI=1S/C14H28N2OS/c1-3-18-10-8-12(2)16-14(17)7-6-13-5-4-9-15-11-13/h12-13,15H,3-11H2,1-2H3,(H,16,17). The van der Waals surface area contributed by atoms with Crippen LogP contribution < -0.4 is 10.6 Å². The normalized spacial score (nSPS) is 21.6. The quantitative estimate of drug-likeness (QED) is 0.667. The van der Waals surface area contributed by atoms with Crippen molar-refractivity contribution in [1.82, 2.24) is 10.6 Å². The van der Waals surface area contributed by atoms with E-state index in [1.54, 1.807) is 0 Å². The van der Waals surface area contributed by atoms with Gasteiger partial charge in [0.25, 0.3) is 0 Å². The highest BCUT2D eigenvalue weighted by Gasteiger charge is 2.15. The van der Waals surface area contributed by atoms with Gasteiger partial charge in [0, 0.05) is 12.5 Å². The zero-order valence-corrected chi connectivity index (χ0v) is 12.7. The van der Waals surface area contributed by atoms with Crippen LogP contribution in [0.5, 0.6) is 0 Å². The molecule has 0 aromatic carbocycles. The van der Waals surface area contributed by atoms with Gasteiger partial charge in [-0.15, -0.1) is 0 Å². The van der Waals surface area contributed by atoms with Crippen molar-refractivity contribution < 1.29 is 4.79 Å². The summed E-state index contributed by atoms with van der Waals surface area (Å²) in [5.41, 5.74) is 0. The maximum Gasteiger partial charge on any atom is 0.220 e. The third-order valence-electron chi connectivity index (χ3n) is 3.49. The third-order valence-corrected chi connectivity index (χ3v) is 4.42. The maximum atomic E-state index is 11.8. The number of hydrogen-bond acceptors (Lipinski definition) is 3. The Morgan fingerprint density at radius 1 is 1.56 bits per heavy atom. The van der Waals surface area contributed by atoms with E-state index in [1.165, 1.54) is 12.8 Å². The van der Waals surface area contributed by atoms with Crippen LogP contribution in [0.4, 0.5) is 0 Å². The molecule has 3 nitrogen and oxygen atoms in total. The van der Waals surface area contributed by atoms with Crippen LogP contribution in [0.3, 0.4) is 0 Å². The van der Waals surface area contributed by atoms with E-state index < -0.39 is 0 Å². The van der Waals surface area contributed by atoms with E-state index in [2.05, 4.69) is 24.5 Å². The first-order valence-corrected chi connectivity index (χ1v) is 8.45. The van der Waals surface area contributed by atoms with E-state index >= 15 is 0 Å². The zero-order chi connectivity index (χ0) is 13.2. The number of rotatable bonds is 8. The van der Waals surface area contributed by atoms with Crippen molar-refractivity contribution in [3.8, 4) is 0 Å². The van der Waals surface area contributed by atoms with Gasteiger partial charge in [0.15, 0.2) is 0 Å². The molecule has 0 aromatic rings. The topological polar surface area (TPSA) is 41.1 Å². The molecule has 2 unspecified atom stereocenters. The number of hydrogen-bond donors (Lipinski definition) is 2. The summed E-state index contributed by atoms with van der Waals surface area (Å²) in [6.07, 6.45) is 5.35. The molecule has 1 fully saturated rings. The highest BCUT2D eigenvalue weighted by molar-refractivity contribution is 7.99. The van der Waals surface area contributed by atoms with Crippen LogP contribution in [-0.4, -0.2) is 36.5 Å². The summed E-state index contributed by atoms with van der Waals surface area (Å²) in [6.45, 7) is 6.52. The molecule has 4 heteroatoms. The number of carbonyl (C=O) groups is 1. The van der Waals surface area contributed by atoms with Crippen LogP contribution in [0.2, 0.25) is 0 Å². The van der Waals surface area contributed by atoms with Gasteiger partial charge in [-0.25, -0.2) is 0 Å². The van der Waals surface area contributed by atoms with Crippen LogP contribution in [0, 0.1) is 5.92 Å². The van der Waals surface area contributed by atoms with Crippen molar-refractivity contribution in [2.45, 2.75) is 52.0 Å². The SMILES string of the molecule is CCSCCC(C)NC(=O)CCC1CCCNC1. The molecule has 1 heterocycles. The number of piperidine rings is 1. The average molecular weight is 272 g/mol. The predicted molar refractivity (Wildman–Crippen MR) is 80.0 cm³/mol. The Kier molecular flexibility index (Phi) is 8.51. The Morgan fingerprint density at radius 3 is 3.06 bits per heavy atom. The summed E-state index contributed by atoms with van der Waals surface area (Å²) in [4.78, 5) is 11.8. The number of thioether (sulfide) groups is 1. The molecule has 0 aromatic heterocycles. The van der Waals surface area contributed by atoms with Gasteiger partial charge < -0.3 is 10.6 Å². The molecule has 1 aliphatic rings. The molecule has 0 spiro atoms. The minimum atomic E-state index is 0.231. The lowest BCUT2D eigenvalue weighted by molar-refractivity contribution is -0.122. The summed E-state index contributed by atoms with van der Waals surface area (Å²) in [5, 5.41) is 6.50. The molecular formula is C14H28N2OS. The van der Waals surface area contributed by atoms with Crippen molar-refractivity contribution in [2.75, 3.05) is 24.6 Å². The second-order valence-corrected chi connectivity index (χ2v) is 6.60. The summed E-state index contributed by atoms with van der Waals surface area (Å²) in [7, 11) is 0. The highest BCUT2D eigenvalue weighted by atomic mass is 32.2. The first kappa shape index (κ1) is 15.8. The molecule has 106 valence electrons. The van der Waals surface area contributed by atoms with Gasteiger partial charge >= 0.3 is 0 Å². The predicted octanol–water partition coefficient (Wildman–Crippen LogP) is 2.41. The molecule has 0 saturated carbocycles. The Morgan fingerprint density at radius 2 is 2.39 bits per heavy atom. The number of amides is 1. The van der Waals surface area contributed by atoms with Crippen molar-refractivity contribution in [2.24, 2.45) is 5.92 Å². The summed E-state index contributed by atoms with van der Waals surface area (Å²) >= 11 is 1.94. The van der Waals surface area contributed by atoms with Crippen LogP contribution in [0.1, 0.15) is 46.0 Å². The zero-order valence-electron chi connectivity index (χ0n) is 11.8. The second-order valence-electron chi connectivity index (χ2n) is 5.21. The van der Waals surface area contributed by atoms with E-state index in [-0.39, 0.29) is 5.91 Å². The van der Waals surface area contributed by atoms with Gasteiger partial charge in [0.1, 0.15) is 0 Å². The van der Waals surface area contributed by atoms with Crippen molar-refractivity contribution in [3.05, 3.63) is 0 Å². The monoisotopic (exact) mass is 272 g/mol. The third kappa shape index (κ3) is 7.27. The molecule has 18 heavy (non-hydrogen) atoms.